The molecule has 0 spiro atoms. The summed E-state index contributed by atoms with van der Waals surface area (Å²) < 4.78 is 11.7. The van der Waals surface area contributed by atoms with Gasteiger partial charge in [-0.2, -0.15) is 0 Å². The predicted octanol–water partition coefficient (Wildman–Crippen LogP) is 4.50. The molecule has 4 heteroatoms. The molecule has 0 amide bonds. The Kier molecular flexibility index (Phi) is 4.49. The molecule has 0 saturated heterocycles. The average Bonchev–Trinajstić information content (AvgIpc) is 2.51. The second-order valence-electron chi connectivity index (χ2n) is 10.0. The Hall–Kier alpha value is -1.06. The normalized spacial score (nSPS) is 37.0. The van der Waals surface area contributed by atoms with Crippen LogP contribution in [0.3, 0.4) is 0 Å². The van der Waals surface area contributed by atoms with E-state index in [-0.39, 0.29) is 5.97 Å². The summed E-state index contributed by atoms with van der Waals surface area (Å²) in [5.74, 6) is 1.84. The molecule has 0 radical (unpaired) electrons. The lowest BCUT2D eigenvalue weighted by Crippen LogP contribution is -2.59. The van der Waals surface area contributed by atoms with Crippen molar-refractivity contribution < 1.29 is 19.1 Å². The summed E-state index contributed by atoms with van der Waals surface area (Å²) in [5.41, 5.74) is -2.24. The van der Waals surface area contributed by atoms with E-state index < -0.39 is 22.6 Å². The molecule has 0 unspecified atom stereocenters. The van der Waals surface area contributed by atoms with Gasteiger partial charge >= 0.3 is 11.9 Å². The van der Waals surface area contributed by atoms with E-state index in [0.29, 0.717) is 18.3 Å². The first-order valence-electron chi connectivity index (χ1n) is 9.95. The number of rotatable bonds is 5. The maximum Gasteiger partial charge on any atom is 0.350 e. The minimum absolute atomic E-state index is 0.341. The molecule has 142 valence electrons. The number of hydrogen-bond donors (Lipinski definition) is 0. The van der Waals surface area contributed by atoms with E-state index in [1.54, 1.807) is 13.8 Å². The number of carbonyl (C=O) groups excluding carboxylic acids is 2. The highest BCUT2D eigenvalue weighted by Crippen LogP contribution is 2.59. The standard InChI is InChI=1S/C21H34O4/c1-7-19(2,3)17(22)24-20(4,5)18(23)25-21(6)15-9-13-8-14(11-15)12-16(21)10-13/h13-16H,7-12H2,1-6H3. The average molecular weight is 350 g/mol. The molecule has 4 nitrogen and oxygen atoms in total. The highest BCUT2D eigenvalue weighted by molar-refractivity contribution is 5.84. The van der Waals surface area contributed by atoms with Gasteiger partial charge in [-0.05, 0) is 96.8 Å². The maximum absolute atomic E-state index is 12.9. The third kappa shape index (κ3) is 3.21. The van der Waals surface area contributed by atoms with Crippen molar-refractivity contribution in [2.45, 2.75) is 91.3 Å². The highest BCUT2D eigenvalue weighted by atomic mass is 16.6. The summed E-state index contributed by atoms with van der Waals surface area (Å²) in [4.78, 5) is 25.3. The molecule has 4 fully saturated rings. The molecule has 0 N–H and O–H groups in total. The minimum Gasteiger partial charge on any atom is -0.456 e. The first kappa shape index (κ1) is 18.7. The molecule has 0 heterocycles. The number of hydrogen-bond acceptors (Lipinski definition) is 4. The van der Waals surface area contributed by atoms with Crippen LogP contribution in [0.15, 0.2) is 0 Å². The monoisotopic (exact) mass is 350 g/mol. The van der Waals surface area contributed by atoms with E-state index in [1.807, 2.05) is 20.8 Å². The fourth-order valence-electron chi connectivity index (χ4n) is 5.17. The number of ether oxygens (including phenoxy) is 2. The maximum atomic E-state index is 12.9. The van der Waals surface area contributed by atoms with E-state index in [9.17, 15) is 9.59 Å². The third-order valence-electron chi connectivity index (χ3n) is 7.35. The smallest absolute Gasteiger partial charge is 0.350 e. The Balaban J connectivity index is 1.70. The Morgan fingerprint density at radius 3 is 1.84 bits per heavy atom. The summed E-state index contributed by atoms with van der Waals surface area (Å²) in [6, 6.07) is 0. The Labute approximate surface area is 152 Å². The molecule has 4 rings (SSSR count). The Bertz CT molecular complexity index is 532. The van der Waals surface area contributed by atoms with Gasteiger partial charge in [0.1, 0.15) is 5.60 Å². The molecule has 25 heavy (non-hydrogen) atoms. The van der Waals surface area contributed by atoms with Crippen molar-refractivity contribution in [2.75, 3.05) is 0 Å². The van der Waals surface area contributed by atoms with Crippen LogP contribution in [0.1, 0.15) is 80.1 Å². The van der Waals surface area contributed by atoms with Gasteiger partial charge in [0.05, 0.1) is 5.41 Å². The molecule has 0 atom stereocenters. The van der Waals surface area contributed by atoms with Crippen LogP contribution in [0.2, 0.25) is 0 Å². The Morgan fingerprint density at radius 1 is 0.920 bits per heavy atom. The van der Waals surface area contributed by atoms with Gasteiger partial charge in [-0.3, -0.25) is 4.79 Å². The van der Waals surface area contributed by atoms with E-state index >= 15 is 0 Å². The van der Waals surface area contributed by atoms with Gasteiger partial charge in [0.25, 0.3) is 0 Å². The molecule has 4 bridgehead atoms. The molecule has 0 aromatic heterocycles. The largest absolute Gasteiger partial charge is 0.456 e. The summed E-state index contributed by atoms with van der Waals surface area (Å²) in [7, 11) is 0. The first-order valence-corrected chi connectivity index (χ1v) is 9.95. The van der Waals surface area contributed by atoms with Gasteiger partial charge in [0.15, 0.2) is 0 Å². The molecule has 4 aliphatic carbocycles. The molecular formula is C21H34O4. The zero-order chi connectivity index (χ0) is 18.6. The van der Waals surface area contributed by atoms with Gasteiger partial charge < -0.3 is 9.47 Å². The van der Waals surface area contributed by atoms with Crippen LogP contribution in [-0.4, -0.2) is 23.1 Å². The zero-order valence-corrected chi connectivity index (χ0v) is 16.7. The van der Waals surface area contributed by atoms with E-state index in [1.165, 1.54) is 32.1 Å². The molecule has 4 saturated carbocycles. The van der Waals surface area contributed by atoms with Crippen LogP contribution >= 0.6 is 0 Å². The van der Waals surface area contributed by atoms with Crippen LogP contribution in [0.25, 0.3) is 0 Å². The SMILES string of the molecule is CCC(C)(C)C(=O)OC(C)(C)C(=O)OC1(C)C2CC3CC(C2)CC1C3. The van der Waals surface area contributed by atoms with Gasteiger partial charge in [-0.1, -0.05) is 6.92 Å². The lowest BCUT2D eigenvalue weighted by molar-refractivity contribution is -0.221. The van der Waals surface area contributed by atoms with Crippen LogP contribution < -0.4 is 0 Å². The summed E-state index contributed by atoms with van der Waals surface area (Å²) in [6.45, 7) is 11.1. The lowest BCUT2D eigenvalue weighted by atomic mass is 9.50. The van der Waals surface area contributed by atoms with Crippen molar-refractivity contribution in [2.24, 2.45) is 29.1 Å². The van der Waals surface area contributed by atoms with Crippen molar-refractivity contribution in [1.29, 1.82) is 0 Å². The second-order valence-corrected chi connectivity index (χ2v) is 10.0. The van der Waals surface area contributed by atoms with Crippen molar-refractivity contribution in [3.63, 3.8) is 0 Å². The van der Waals surface area contributed by atoms with Gasteiger partial charge in [0, 0.05) is 0 Å². The van der Waals surface area contributed by atoms with Crippen LogP contribution in [0.5, 0.6) is 0 Å². The van der Waals surface area contributed by atoms with E-state index in [2.05, 4.69) is 6.92 Å². The zero-order valence-electron chi connectivity index (χ0n) is 16.7. The van der Waals surface area contributed by atoms with Crippen LogP contribution in [0.4, 0.5) is 0 Å². The fourth-order valence-corrected chi connectivity index (χ4v) is 5.17. The van der Waals surface area contributed by atoms with E-state index in [4.69, 9.17) is 9.47 Å². The topological polar surface area (TPSA) is 52.6 Å². The minimum atomic E-state index is -1.25. The Morgan fingerprint density at radius 2 is 1.40 bits per heavy atom. The lowest BCUT2D eigenvalue weighted by Gasteiger charge is -2.59. The molecule has 0 aromatic rings. The van der Waals surface area contributed by atoms with Crippen molar-refractivity contribution in [3.8, 4) is 0 Å². The third-order valence-corrected chi connectivity index (χ3v) is 7.35. The summed E-state index contributed by atoms with van der Waals surface area (Å²) in [6.07, 6.45) is 6.76. The molecule has 0 aromatic carbocycles. The van der Waals surface area contributed by atoms with Gasteiger partial charge in [-0.15, -0.1) is 0 Å². The number of carbonyl (C=O) groups is 2. The van der Waals surface area contributed by atoms with Crippen molar-refractivity contribution in [3.05, 3.63) is 0 Å². The highest BCUT2D eigenvalue weighted by Gasteiger charge is 2.58. The second kappa shape index (κ2) is 5.99. The molecule has 0 aliphatic heterocycles. The van der Waals surface area contributed by atoms with Crippen LogP contribution in [0, 0.1) is 29.1 Å². The quantitative estimate of drug-likeness (QED) is 0.685. The van der Waals surface area contributed by atoms with Crippen molar-refractivity contribution in [1.82, 2.24) is 0 Å². The van der Waals surface area contributed by atoms with Gasteiger partial charge in [0.2, 0.25) is 5.60 Å². The predicted molar refractivity (Wildman–Crippen MR) is 95.8 cm³/mol. The molecular weight excluding hydrogens is 316 g/mol. The van der Waals surface area contributed by atoms with Crippen LogP contribution in [-0.2, 0) is 19.1 Å². The summed E-state index contributed by atoms with van der Waals surface area (Å²) in [5, 5.41) is 0. The summed E-state index contributed by atoms with van der Waals surface area (Å²) >= 11 is 0. The number of esters is 2. The first-order chi connectivity index (χ1) is 11.5. The van der Waals surface area contributed by atoms with Crippen molar-refractivity contribution >= 4 is 11.9 Å². The van der Waals surface area contributed by atoms with E-state index in [0.717, 1.165) is 11.8 Å². The van der Waals surface area contributed by atoms with Gasteiger partial charge in [-0.25, -0.2) is 4.79 Å². The fraction of sp³-hybridized carbons (Fsp3) is 0.905. The molecule has 4 aliphatic rings.